The van der Waals surface area contributed by atoms with E-state index in [2.05, 4.69) is 9.88 Å². The van der Waals surface area contributed by atoms with Gasteiger partial charge in [-0.05, 0) is 25.5 Å². The van der Waals surface area contributed by atoms with E-state index in [-0.39, 0.29) is 18.8 Å². The molecule has 0 bridgehead atoms. The Morgan fingerprint density at radius 1 is 1.61 bits per heavy atom. The third-order valence-corrected chi connectivity index (χ3v) is 3.04. The molecule has 1 aliphatic heterocycles. The largest absolute Gasteiger partial charge is 0.394 e. The summed E-state index contributed by atoms with van der Waals surface area (Å²) in [5.74, 6) is 0.856. The topological polar surface area (TPSA) is 62.7 Å². The van der Waals surface area contributed by atoms with Gasteiger partial charge in [0.05, 0.1) is 18.8 Å². The number of morpholine rings is 1. The van der Waals surface area contributed by atoms with Crippen LogP contribution >= 0.6 is 0 Å². The number of anilines is 1. The lowest BCUT2D eigenvalue weighted by molar-refractivity contribution is -0.0423. The van der Waals surface area contributed by atoms with Crippen LogP contribution in [0.5, 0.6) is 0 Å². The molecule has 98 valence electrons. The SMILES string of the molecule is Cc1cc(C=O)cnc1N1CC(C)OC(CO)C1. The Bertz CT molecular complexity index is 436. The molecule has 2 heterocycles. The van der Waals surface area contributed by atoms with E-state index < -0.39 is 0 Å². The van der Waals surface area contributed by atoms with Gasteiger partial charge < -0.3 is 14.7 Å². The number of carbonyl (C=O) groups is 1. The molecule has 5 heteroatoms. The number of rotatable bonds is 3. The summed E-state index contributed by atoms with van der Waals surface area (Å²) in [4.78, 5) is 17.1. The molecule has 0 amide bonds. The smallest absolute Gasteiger partial charge is 0.151 e. The zero-order valence-electron chi connectivity index (χ0n) is 10.7. The van der Waals surface area contributed by atoms with Crippen molar-refractivity contribution in [3.8, 4) is 0 Å². The van der Waals surface area contributed by atoms with Crippen molar-refractivity contribution in [2.24, 2.45) is 0 Å². The number of aliphatic hydroxyl groups excluding tert-OH is 1. The van der Waals surface area contributed by atoms with Gasteiger partial charge in [0.15, 0.2) is 6.29 Å². The second-order valence-corrected chi connectivity index (χ2v) is 4.68. The second kappa shape index (κ2) is 5.46. The summed E-state index contributed by atoms with van der Waals surface area (Å²) in [5.41, 5.74) is 1.54. The summed E-state index contributed by atoms with van der Waals surface area (Å²) >= 11 is 0. The number of pyridine rings is 1. The predicted molar refractivity (Wildman–Crippen MR) is 68.0 cm³/mol. The van der Waals surface area contributed by atoms with Crippen molar-refractivity contribution < 1.29 is 14.6 Å². The predicted octanol–water partition coefficient (Wildman–Crippen LogP) is 0.789. The van der Waals surface area contributed by atoms with E-state index in [0.29, 0.717) is 12.1 Å². The average Bonchev–Trinajstić information content (AvgIpc) is 2.37. The van der Waals surface area contributed by atoms with E-state index >= 15 is 0 Å². The number of aryl methyl sites for hydroxylation is 1. The van der Waals surface area contributed by atoms with Gasteiger partial charge in [-0.3, -0.25) is 4.79 Å². The number of aldehydes is 1. The van der Waals surface area contributed by atoms with Crippen molar-refractivity contribution in [3.05, 3.63) is 23.4 Å². The summed E-state index contributed by atoms with van der Waals surface area (Å²) in [6.45, 7) is 5.28. The quantitative estimate of drug-likeness (QED) is 0.804. The van der Waals surface area contributed by atoms with Crippen molar-refractivity contribution in [2.45, 2.75) is 26.1 Å². The molecule has 1 saturated heterocycles. The van der Waals surface area contributed by atoms with Crippen LogP contribution in [-0.4, -0.2) is 48.3 Å². The Labute approximate surface area is 106 Å². The van der Waals surface area contributed by atoms with E-state index in [9.17, 15) is 9.90 Å². The van der Waals surface area contributed by atoms with Gasteiger partial charge in [0, 0.05) is 24.8 Å². The second-order valence-electron chi connectivity index (χ2n) is 4.68. The maximum atomic E-state index is 10.7. The van der Waals surface area contributed by atoms with Gasteiger partial charge >= 0.3 is 0 Å². The molecule has 1 N–H and O–H groups in total. The highest BCUT2D eigenvalue weighted by Crippen LogP contribution is 2.22. The van der Waals surface area contributed by atoms with E-state index in [1.54, 1.807) is 6.20 Å². The first-order valence-electron chi connectivity index (χ1n) is 6.07. The van der Waals surface area contributed by atoms with Crippen LogP contribution in [0, 0.1) is 6.92 Å². The van der Waals surface area contributed by atoms with Crippen molar-refractivity contribution in [1.29, 1.82) is 0 Å². The Morgan fingerprint density at radius 2 is 2.39 bits per heavy atom. The Morgan fingerprint density at radius 3 is 3.00 bits per heavy atom. The van der Waals surface area contributed by atoms with Gasteiger partial charge in [-0.15, -0.1) is 0 Å². The van der Waals surface area contributed by atoms with Crippen LogP contribution in [0.15, 0.2) is 12.3 Å². The molecule has 1 aromatic rings. The minimum Gasteiger partial charge on any atom is -0.394 e. The number of hydrogen-bond acceptors (Lipinski definition) is 5. The first-order chi connectivity index (χ1) is 8.63. The molecule has 0 aliphatic carbocycles. The number of aromatic nitrogens is 1. The Balaban J connectivity index is 2.22. The number of ether oxygens (including phenoxy) is 1. The summed E-state index contributed by atoms with van der Waals surface area (Å²) in [5, 5.41) is 9.21. The van der Waals surface area contributed by atoms with E-state index in [1.807, 2.05) is 19.9 Å². The monoisotopic (exact) mass is 250 g/mol. The molecule has 0 spiro atoms. The van der Waals surface area contributed by atoms with Crippen LogP contribution in [0.3, 0.4) is 0 Å². The minimum absolute atomic E-state index is 0.00626. The van der Waals surface area contributed by atoms with Crippen molar-refractivity contribution in [1.82, 2.24) is 4.98 Å². The van der Waals surface area contributed by atoms with Crippen molar-refractivity contribution in [2.75, 3.05) is 24.6 Å². The third-order valence-electron chi connectivity index (χ3n) is 3.04. The molecule has 1 fully saturated rings. The van der Waals surface area contributed by atoms with Gasteiger partial charge in [0.1, 0.15) is 5.82 Å². The molecule has 1 aromatic heterocycles. The van der Waals surface area contributed by atoms with Gasteiger partial charge in [0.2, 0.25) is 0 Å². The highest BCUT2D eigenvalue weighted by Gasteiger charge is 2.26. The number of aliphatic hydroxyl groups is 1. The molecular formula is C13H18N2O3. The number of hydrogen-bond donors (Lipinski definition) is 1. The first kappa shape index (κ1) is 13.0. The summed E-state index contributed by atoms with van der Waals surface area (Å²) in [6.07, 6.45) is 2.25. The maximum Gasteiger partial charge on any atom is 0.151 e. The van der Waals surface area contributed by atoms with E-state index in [0.717, 1.165) is 24.2 Å². The molecule has 0 radical (unpaired) electrons. The van der Waals surface area contributed by atoms with Gasteiger partial charge in [0.25, 0.3) is 0 Å². The van der Waals surface area contributed by atoms with Gasteiger partial charge in [-0.1, -0.05) is 0 Å². The number of carbonyl (C=O) groups excluding carboxylic acids is 1. The summed E-state index contributed by atoms with van der Waals surface area (Å²) in [6, 6.07) is 1.82. The van der Waals surface area contributed by atoms with Crippen molar-refractivity contribution >= 4 is 12.1 Å². The zero-order valence-corrected chi connectivity index (χ0v) is 10.7. The van der Waals surface area contributed by atoms with E-state index in [4.69, 9.17) is 4.74 Å². The average molecular weight is 250 g/mol. The van der Waals surface area contributed by atoms with Crippen LogP contribution < -0.4 is 4.90 Å². The van der Waals surface area contributed by atoms with Gasteiger partial charge in [-0.2, -0.15) is 0 Å². The van der Waals surface area contributed by atoms with Crippen LogP contribution in [0.2, 0.25) is 0 Å². The molecule has 1 aliphatic rings. The fourth-order valence-electron chi connectivity index (χ4n) is 2.30. The lowest BCUT2D eigenvalue weighted by Crippen LogP contribution is -2.48. The third kappa shape index (κ3) is 2.68. The van der Waals surface area contributed by atoms with Crippen LogP contribution in [-0.2, 0) is 4.74 Å². The van der Waals surface area contributed by atoms with Crippen LogP contribution in [0.1, 0.15) is 22.8 Å². The normalized spacial score (nSPS) is 24.1. The van der Waals surface area contributed by atoms with E-state index in [1.165, 1.54) is 0 Å². The maximum absolute atomic E-state index is 10.7. The summed E-state index contributed by atoms with van der Waals surface area (Å²) in [7, 11) is 0. The fraction of sp³-hybridized carbons (Fsp3) is 0.538. The molecule has 0 saturated carbocycles. The first-order valence-corrected chi connectivity index (χ1v) is 6.07. The highest BCUT2D eigenvalue weighted by atomic mass is 16.5. The summed E-state index contributed by atoms with van der Waals surface area (Å²) < 4.78 is 5.60. The lowest BCUT2D eigenvalue weighted by Gasteiger charge is -2.37. The van der Waals surface area contributed by atoms with Crippen molar-refractivity contribution in [3.63, 3.8) is 0 Å². The lowest BCUT2D eigenvalue weighted by atomic mass is 10.1. The molecule has 18 heavy (non-hydrogen) atoms. The molecule has 2 rings (SSSR count). The Hall–Kier alpha value is -1.46. The zero-order chi connectivity index (χ0) is 13.1. The number of nitrogens with zero attached hydrogens (tertiary/aromatic N) is 2. The van der Waals surface area contributed by atoms with Gasteiger partial charge in [-0.25, -0.2) is 4.98 Å². The highest BCUT2D eigenvalue weighted by molar-refractivity contribution is 5.75. The molecule has 2 unspecified atom stereocenters. The molecule has 2 atom stereocenters. The van der Waals surface area contributed by atoms with Crippen LogP contribution in [0.4, 0.5) is 5.82 Å². The fourth-order valence-corrected chi connectivity index (χ4v) is 2.30. The Kier molecular flexibility index (Phi) is 3.93. The minimum atomic E-state index is -0.180. The molecular weight excluding hydrogens is 232 g/mol. The molecule has 5 nitrogen and oxygen atoms in total. The molecule has 0 aromatic carbocycles. The standard InChI is InChI=1S/C13H18N2O3/c1-9-3-11(7-16)4-14-13(9)15-5-10(2)18-12(6-15)8-17/h3-4,7,10,12,17H,5-6,8H2,1-2H3. The van der Waals surface area contributed by atoms with Crippen LogP contribution in [0.25, 0.3) is 0 Å².